The number of ether oxygens (including phenoxy) is 1. The number of hydrogen-bond acceptors (Lipinski definition) is 4. The van der Waals surface area contributed by atoms with Crippen molar-refractivity contribution in [3.8, 4) is 11.3 Å². The summed E-state index contributed by atoms with van der Waals surface area (Å²) in [5.74, 6) is 1.07. The standard InChI is InChI=1S/C13H18N4OS/c1-8(2)12(18-4)13-15-10(5-11(19)16-13)9-6-14-17(3)7-9/h5-8,12H,1-4H3,(H,15,16,19). The molecule has 19 heavy (non-hydrogen) atoms. The Morgan fingerprint density at radius 1 is 1.42 bits per heavy atom. The van der Waals surface area contributed by atoms with Gasteiger partial charge in [-0.25, -0.2) is 4.98 Å². The van der Waals surface area contributed by atoms with Gasteiger partial charge in [-0.3, -0.25) is 4.68 Å². The van der Waals surface area contributed by atoms with Gasteiger partial charge in [0, 0.05) is 25.9 Å². The maximum atomic E-state index is 5.49. The van der Waals surface area contributed by atoms with Gasteiger partial charge >= 0.3 is 0 Å². The van der Waals surface area contributed by atoms with Gasteiger partial charge in [0.25, 0.3) is 0 Å². The summed E-state index contributed by atoms with van der Waals surface area (Å²) >= 11 is 5.23. The lowest BCUT2D eigenvalue weighted by Crippen LogP contribution is -2.13. The Bertz CT molecular complexity index is 617. The van der Waals surface area contributed by atoms with Gasteiger partial charge in [0.05, 0.1) is 11.9 Å². The number of nitrogens with one attached hydrogen (secondary N) is 1. The fourth-order valence-electron chi connectivity index (χ4n) is 2.03. The maximum Gasteiger partial charge on any atom is 0.137 e. The Morgan fingerprint density at radius 3 is 2.68 bits per heavy atom. The third kappa shape index (κ3) is 3.08. The molecule has 6 heteroatoms. The smallest absolute Gasteiger partial charge is 0.137 e. The minimum Gasteiger partial charge on any atom is -0.373 e. The summed E-state index contributed by atoms with van der Waals surface area (Å²) in [6.07, 6.45) is 3.63. The normalized spacial score (nSPS) is 12.9. The monoisotopic (exact) mass is 278 g/mol. The summed E-state index contributed by atoms with van der Waals surface area (Å²) in [6.45, 7) is 4.17. The Labute approximate surface area is 117 Å². The summed E-state index contributed by atoms with van der Waals surface area (Å²) < 4.78 is 7.79. The van der Waals surface area contributed by atoms with Crippen molar-refractivity contribution in [2.45, 2.75) is 20.0 Å². The first-order valence-electron chi connectivity index (χ1n) is 6.14. The molecule has 0 radical (unpaired) electrons. The van der Waals surface area contributed by atoms with Crippen LogP contribution in [0.5, 0.6) is 0 Å². The molecule has 5 nitrogen and oxygen atoms in total. The highest BCUT2D eigenvalue weighted by molar-refractivity contribution is 7.71. The van der Waals surface area contributed by atoms with Gasteiger partial charge in [0.1, 0.15) is 16.6 Å². The lowest BCUT2D eigenvalue weighted by atomic mass is 10.1. The van der Waals surface area contributed by atoms with Gasteiger partial charge in [-0.15, -0.1) is 0 Å². The van der Waals surface area contributed by atoms with E-state index in [1.807, 2.05) is 19.3 Å². The Hall–Kier alpha value is -1.53. The van der Waals surface area contributed by atoms with E-state index in [1.165, 1.54) is 0 Å². The fraction of sp³-hybridized carbons (Fsp3) is 0.462. The molecule has 2 aromatic rings. The van der Waals surface area contributed by atoms with Crippen LogP contribution in [0.1, 0.15) is 25.8 Å². The van der Waals surface area contributed by atoms with Crippen molar-refractivity contribution in [2.24, 2.45) is 13.0 Å². The van der Waals surface area contributed by atoms with Gasteiger partial charge in [-0.2, -0.15) is 5.10 Å². The maximum absolute atomic E-state index is 5.49. The summed E-state index contributed by atoms with van der Waals surface area (Å²) in [6, 6.07) is 1.84. The predicted molar refractivity (Wildman–Crippen MR) is 76.2 cm³/mol. The van der Waals surface area contributed by atoms with Crippen LogP contribution >= 0.6 is 12.2 Å². The number of aromatic amines is 1. The van der Waals surface area contributed by atoms with Crippen LogP contribution in [-0.2, 0) is 11.8 Å². The first kappa shape index (κ1) is 13.9. The van der Waals surface area contributed by atoms with E-state index in [1.54, 1.807) is 18.0 Å². The number of hydrogen-bond donors (Lipinski definition) is 1. The highest BCUT2D eigenvalue weighted by Gasteiger charge is 2.18. The van der Waals surface area contributed by atoms with Crippen LogP contribution in [0.25, 0.3) is 11.3 Å². The van der Waals surface area contributed by atoms with Gasteiger partial charge in [0.15, 0.2) is 0 Å². The average molecular weight is 278 g/mol. The molecular weight excluding hydrogens is 260 g/mol. The summed E-state index contributed by atoms with van der Waals surface area (Å²) in [4.78, 5) is 7.66. The van der Waals surface area contributed by atoms with E-state index in [0.717, 1.165) is 17.1 Å². The van der Waals surface area contributed by atoms with Crippen molar-refractivity contribution in [1.29, 1.82) is 0 Å². The van der Waals surface area contributed by atoms with Crippen molar-refractivity contribution in [3.05, 3.63) is 28.9 Å². The minimum atomic E-state index is -0.0988. The second-order valence-electron chi connectivity index (χ2n) is 4.82. The molecule has 0 aliphatic heterocycles. The van der Waals surface area contributed by atoms with E-state index in [4.69, 9.17) is 17.0 Å². The molecule has 0 saturated heterocycles. The van der Waals surface area contributed by atoms with Crippen LogP contribution in [0.15, 0.2) is 18.5 Å². The van der Waals surface area contributed by atoms with Crippen molar-refractivity contribution >= 4 is 12.2 Å². The molecule has 0 aliphatic carbocycles. The average Bonchev–Trinajstić information content (AvgIpc) is 2.75. The number of H-pyrrole nitrogens is 1. The molecule has 0 amide bonds. The number of methoxy groups -OCH3 is 1. The molecule has 0 spiro atoms. The Morgan fingerprint density at radius 2 is 2.16 bits per heavy atom. The Kier molecular flexibility index (Phi) is 4.11. The largest absolute Gasteiger partial charge is 0.373 e. The zero-order valence-corrected chi connectivity index (χ0v) is 12.4. The molecule has 2 aromatic heterocycles. The first-order chi connectivity index (χ1) is 9.01. The summed E-state index contributed by atoms with van der Waals surface area (Å²) in [7, 11) is 3.56. The molecule has 1 unspecified atom stereocenters. The second-order valence-corrected chi connectivity index (χ2v) is 5.24. The highest BCUT2D eigenvalue weighted by Crippen LogP contribution is 2.24. The second kappa shape index (κ2) is 5.63. The van der Waals surface area contributed by atoms with Crippen LogP contribution in [0, 0.1) is 10.6 Å². The van der Waals surface area contributed by atoms with Crippen LogP contribution in [-0.4, -0.2) is 26.9 Å². The number of aromatic nitrogens is 4. The van der Waals surface area contributed by atoms with E-state index in [-0.39, 0.29) is 6.10 Å². The lowest BCUT2D eigenvalue weighted by molar-refractivity contribution is 0.0574. The van der Waals surface area contributed by atoms with Gasteiger partial charge in [-0.1, -0.05) is 26.1 Å². The Balaban J connectivity index is 2.48. The van der Waals surface area contributed by atoms with Crippen molar-refractivity contribution < 1.29 is 4.74 Å². The fourth-order valence-corrected chi connectivity index (χ4v) is 2.24. The van der Waals surface area contributed by atoms with Gasteiger partial charge in [-0.05, 0) is 12.0 Å². The quantitative estimate of drug-likeness (QED) is 0.874. The zero-order chi connectivity index (χ0) is 14.0. The van der Waals surface area contributed by atoms with E-state index >= 15 is 0 Å². The van der Waals surface area contributed by atoms with Gasteiger partial charge in [0.2, 0.25) is 0 Å². The molecule has 1 N–H and O–H groups in total. The first-order valence-corrected chi connectivity index (χ1v) is 6.55. The summed E-state index contributed by atoms with van der Waals surface area (Å²) in [5, 5.41) is 4.16. The minimum absolute atomic E-state index is 0.0988. The van der Waals surface area contributed by atoms with Crippen molar-refractivity contribution in [3.63, 3.8) is 0 Å². The third-order valence-electron chi connectivity index (χ3n) is 2.91. The van der Waals surface area contributed by atoms with Crippen LogP contribution in [0.3, 0.4) is 0 Å². The molecular formula is C13H18N4OS. The predicted octanol–water partition coefficient (Wildman–Crippen LogP) is 2.88. The van der Waals surface area contributed by atoms with Crippen LogP contribution in [0.4, 0.5) is 0 Å². The molecule has 0 aromatic carbocycles. The molecule has 102 valence electrons. The van der Waals surface area contributed by atoms with Crippen LogP contribution < -0.4 is 0 Å². The zero-order valence-electron chi connectivity index (χ0n) is 11.5. The van der Waals surface area contributed by atoms with Crippen molar-refractivity contribution in [1.82, 2.24) is 19.7 Å². The lowest BCUT2D eigenvalue weighted by Gasteiger charge is -2.18. The number of aryl methyl sites for hydroxylation is 1. The van der Waals surface area contributed by atoms with E-state index < -0.39 is 0 Å². The molecule has 2 rings (SSSR count). The molecule has 2 heterocycles. The summed E-state index contributed by atoms with van der Waals surface area (Å²) in [5.41, 5.74) is 1.89. The molecule has 0 fully saturated rings. The van der Waals surface area contributed by atoms with E-state index in [0.29, 0.717) is 10.6 Å². The molecule has 0 bridgehead atoms. The molecule has 0 saturated carbocycles. The van der Waals surface area contributed by atoms with E-state index in [2.05, 4.69) is 28.9 Å². The molecule has 1 atom stereocenters. The SMILES string of the molecule is COC(c1nc(=S)cc(-c2cnn(C)c2)[nH]1)C(C)C. The topological polar surface area (TPSA) is 55.7 Å². The van der Waals surface area contributed by atoms with Gasteiger partial charge < -0.3 is 9.72 Å². The number of rotatable bonds is 4. The molecule has 0 aliphatic rings. The van der Waals surface area contributed by atoms with Crippen molar-refractivity contribution in [2.75, 3.05) is 7.11 Å². The van der Waals surface area contributed by atoms with Crippen LogP contribution in [0.2, 0.25) is 0 Å². The number of nitrogens with zero attached hydrogens (tertiary/aromatic N) is 3. The third-order valence-corrected chi connectivity index (χ3v) is 3.12. The highest BCUT2D eigenvalue weighted by atomic mass is 32.1. The van der Waals surface area contributed by atoms with E-state index in [9.17, 15) is 0 Å².